The Morgan fingerprint density at radius 2 is 2.06 bits per heavy atom. The van der Waals surface area contributed by atoms with Crippen LogP contribution in [0.2, 0.25) is 0 Å². The number of nitrogens with one attached hydrogen (secondary N) is 1. The van der Waals surface area contributed by atoms with Crippen molar-refractivity contribution in [1.29, 1.82) is 0 Å². The molecule has 0 aliphatic carbocycles. The van der Waals surface area contributed by atoms with Crippen LogP contribution in [0.4, 0.5) is 13.2 Å². The van der Waals surface area contributed by atoms with E-state index in [2.05, 4.69) is 9.97 Å². The smallest absolute Gasteiger partial charge is 0.346 e. The largest absolute Gasteiger partial charge is 0.417 e. The minimum atomic E-state index is -4.37. The van der Waals surface area contributed by atoms with E-state index >= 15 is 0 Å². The third kappa shape index (κ3) is 2.45. The van der Waals surface area contributed by atoms with Crippen molar-refractivity contribution in [2.75, 3.05) is 0 Å². The molecule has 0 bridgehead atoms. The van der Waals surface area contributed by atoms with Crippen molar-refractivity contribution < 1.29 is 13.2 Å². The minimum absolute atomic E-state index is 0.447. The number of pyridine rings is 1. The van der Waals surface area contributed by atoms with Gasteiger partial charge in [0.25, 0.3) is 0 Å². The van der Waals surface area contributed by atoms with Gasteiger partial charge < -0.3 is 4.98 Å². The number of alkyl halides is 3. The van der Waals surface area contributed by atoms with Gasteiger partial charge in [0.05, 0.1) is 5.56 Å². The highest BCUT2D eigenvalue weighted by Gasteiger charge is 2.31. The summed E-state index contributed by atoms with van der Waals surface area (Å²) >= 11 is 0. The van der Waals surface area contributed by atoms with Gasteiger partial charge in [-0.2, -0.15) is 13.2 Å². The summed E-state index contributed by atoms with van der Waals surface area (Å²) in [5.41, 5.74) is 0.389. The maximum absolute atomic E-state index is 12.6. The molecule has 0 saturated heterocycles. The molecule has 94 valence electrons. The average Bonchev–Trinajstić information content (AvgIpc) is 2.71. The third-order valence-electron chi connectivity index (χ3n) is 2.47. The number of hydrogen-bond donors (Lipinski definition) is 1. The van der Waals surface area contributed by atoms with E-state index in [1.54, 1.807) is 24.4 Å². The highest BCUT2D eigenvalue weighted by molar-refractivity contribution is 5.86. The highest BCUT2D eigenvalue weighted by atomic mass is 19.4. The van der Waals surface area contributed by atoms with Crippen molar-refractivity contribution in [1.82, 2.24) is 9.97 Å². The zero-order valence-corrected chi connectivity index (χ0v) is 9.62. The molecule has 0 aliphatic heterocycles. The van der Waals surface area contributed by atoms with E-state index in [4.69, 9.17) is 0 Å². The summed E-state index contributed by atoms with van der Waals surface area (Å²) in [5.74, 6) is 0. The number of aromatic nitrogens is 2. The van der Waals surface area contributed by atoms with E-state index in [1.165, 1.54) is 0 Å². The van der Waals surface area contributed by atoms with Crippen molar-refractivity contribution in [3.05, 3.63) is 47.8 Å². The number of nitrogens with zero attached hydrogens (tertiary/aromatic N) is 1. The van der Waals surface area contributed by atoms with Crippen molar-refractivity contribution in [3.63, 3.8) is 0 Å². The quantitative estimate of drug-likeness (QED) is 0.798. The van der Waals surface area contributed by atoms with E-state index < -0.39 is 11.7 Å². The van der Waals surface area contributed by atoms with E-state index in [-0.39, 0.29) is 0 Å². The zero-order valence-electron chi connectivity index (χ0n) is 9.62. The standard InChI is InChI=1S/C13H11F3N2/c1-2-3-4-5-9-7-17-12-11(9)6-10(8-18-12)13(14,15)16/h2-8H,1H3,(H,17,18)/b3-2-,5-4-. The Morgan fingerprint density at radius 1 is 1.28 bits per heavy atom. The molecular formula is C13H11F3N2. The lowest BCUT2D eigenvalue weighted by atomic mass is 10.1. The van der Waals surface area contributed by atoms with Gasteiger partial charge in [0.2, 0.25) is 0 Å². The number of halogens is 3. The van der Waals surface area contributed by atoms with E-state index in [0.717, 1.165) is 12.3 Å². The SMILES string of the molecule is C/C=C\C=C/c1c[nH]c2ncc(C(F)(F)F)cc12. The summed E-state index contributed by atoms with van der Waals surface area (Å²) in [5, 5.41) is 0.463. The second-order valence-corrected chi connectivity index (χ2v) is 3.75. The number of allylic oxidation sites excluding steroid dienone is 3. The molecule has 2 nitrogen and oxygen atoms in total. The molecule has 1 N–H and O–H groups in total. The molecular weight excluding hydrogens is 241 g/mol. The maximum atomic E-state index is 12.6. The fourth-order valence-electron chi connectivity index (χ4n) is 1.59. The molecule has 2 heterocycles. The van der Waals surface area contributed by atoms with Crippen LogP contribution < -0.4 is 0 Å². The Bertz CT molecular complexity index is 606. The second-order valence-electron chi connectivity index (χ2n) is 3.75. The van der Waals surface area contributed by atoms with Crippen molar-refractivity contribution in [3.8, 4) is 0 Å². The van der Waals surface area contributed by atoms with Crippen molar-refractivity contribution in [2.45, 2.75) is 13.1 Å². The van der Waals surface area contributed by atoms with Crippen LogP contribution in [0.25, 0.3) is 17.1 Å². The molecule has 2 aromatic rings. The van der Waals surface area contributed by atoms with Crippen molar-refractivity contribution >= 4 is 17.1 Å². The molecule has 0 spiro atoms. The summed E-state index contributed by atoms with van der Waals surface area (Å²) < 4.78 is 37.7. The summed E-state index contributed by atoms with van der Waals surface area (Å²) in [7, 11) is 0. The van der Waals surface area contributed by atoms with Gasteiger partial charge in [0.15, 0.2) is 0 Å². The van der Waals surface area contributed by atoms with E-state index in [9.17, 15) is 13.2 Å². The van der Waals surface area contributed by atoms with Gasteiger partial charge >= 0.3 is 6.18 Å². The lowest BCUT2D eigenvalue weighted by Gasteiger charge is -2.05. The lowest BCUT2D eigenvalue weighted by Crippen LogP contribution is -2.05. The number of aromatic amines is 1. The Morgan fingerprint density at radius 3 is 2.72 bits per heavy atom. The van der Waals surface area contributed by atoms with E-state index in [0.29, 0.717) is 16.6 Å². The van der Waals surface area contributed by atoms with Gasteiger partial charge in [0, 0.05) is 23.3 Å². The highest BCUT2D eigenvalue weighted by Crippen LogP contribution is 2.31. The number of fused-ring (bicyclic) bond motifs is 1. The third-order valence-corrected chi connectivity index (χ3v) is 2.47. The molecule has 0 aliphatic rings. The minimum Gasteiger partial charge on any atom is -0.346 e. The van der Waals surface area contributed by atoms with Crippen LogP contribution in [0, 0.1) is 0 Å². The molecule has 0 amide bonds. The average molecular weight is 252 g/mol. The molecule has 5 heteroatoms. The van der Waals surface area contributed by atoms with Crippen LogP contribution in [0.3, 0.4) is 0 Å². The summed E-state index contributed by atoms with van der Waals surface area (Å²) in [6, 6.07) is 1.11. The molecule has 0 unspecified atom stereocenters. The summed E-state index contributed by atoms with van der Waals surface area (Å²) in [6.45, 7) is 1.86. The second kappa shape index (κ2) is 4.68. The Hall–Kier alpha value is -2.04. The lowest BCUT2D eigenvalue weighted by molar-refractivity contribution is -0.137. The Balaban J connectivity index is 2.50. The van der Waals surface area contributed by atoms with Gasteiger partial charge in [-0.25, -0.2) is 4.98 Å². The van der Waals surface area contributed by atoms with Gasteiger partial charge in [-0.3, -0.25) is 0 Å². The zero-order chi connectivity index (χ0) is 13.2. The number of hydrogen-bond acceptors (Lipinski definition) is 1. The first-order valence-electron chi connectivity index (χ1n) is 5.36. The van der Waals surface area contributed by atoms with Crippen molar-refractivity contribution in [2.24, 2.45) is 0 Å². The first-order chi connectivity index (χ1) is 8.52. The van der Waals surface area contributed by atoms with Gasteiger partial charge in [-0.15, -0.1) is 0 Å². The van der Waals surface area contributed by atoms with Crippen LogP contribution >= 0.6 is 0 Å². The normalized spacial score (nSPS) is 13.1. The van der Waals surface area contributed by atoms with Crippen LogP contribution in [0.1, 0.15) is 18.1 Å². The first-order valence-corrected chi connectivity index (χ1v) is 5.36. The predicted molar refractivity (Wildman–Crippen MR) is 64.9 cm³/mol. The number of rotatable bonds is 2. The summed E-state index contributed by atoms with van der Waals surface area (Å²) in [6.07, 6.45) is 5.24. The first kappa shape index (κ1) is 12.4. The Labute approximate surface area is 102 Å². The molecule has 2 rings (SSSR count). The monoisotopic (exact) mass is 252 g/mol. The molecule has 0 radical (unpaired) electrons. The fourth-order valence-corrected chi connectivity index (χ4v) is 1.59. The molecule has 0 atom stereocenters. The number of H-pyrrole nitrogens is 1. The van der Waals surface area contributed by atoms with Gasteiger partial charge in [-0.05, 0) is 13.0 Å². The Kier molecular flexibility index (Phi) is 3.23. The molecule has 18 heavy (non-hydrogen) atoms. The topological polar surface area (TPSA) is 28.7 Å². The van der Waals surface area contributed by atoms with Gasteiger partial charge in [0.1, 0.15) is 5.65 Å². The van der Waals surface area contributed by atoms with Crippen LogP contribution in [-0.2, 0) is 6.18 Å². The molecule has 0 fully saturated rings. The van der Waals surface area contributed by atoms with Crippen LogP contribution in [-0.4, -0.2) is 9.97 Å². The summed E-state index contributed by atoms with van der Waals surface area (Å²) in [4.78, 5) is 6.61. The van der Waals surface area contributed by atoms with Gasteiger partial charge in [-0.1, -0.05) is 24.3 Å². The molecule has 2 aromatic heterocycles. The predicted octanol–water partition coefficient (Wildman–Crippen LogP) is 4.17. The molecule has 0 saturated carbocycles. The van der Waals surface area contributed by atoms with Crippen LogP contribution in [0.5, 0.6) is 0 Å². The molecule has 0 aromatic carbocycles. The fraction of sp³-hybridized carbons (Fsp3) is 0.154. The maximum Gasteiger partial charge on any atom is 0.417 e. The van der Waals surface area contributed by atoms with E-state index in [1.807, 2.05) is 13.0 Å². The van der Waals surface area contributed by atoms with Crippen LogP contribution in [0.15, 0.2) is 36.7 Å².